The first-order chi connectivity index (χ1) is 17.1. The Hall–Kier alpha value is -3.91. The van der Waals surface area contributed by atoms with Crippen molar-refractivity contribution in [3.63, 3.8) is 0 Å². The number of carbonyl (C=O) groups is 5. The molecule has 1 heterocycles. The monoisotopic (exact) mass is 519 g/mol. The third-order valence-corrected chi connectivity index (χ3v) is 5.45. The Morgan fingerprint density at radius 2 is 1.56 bits per heavy atom. The largest absolute Gasteiger partial charge is 0.480 e. The van der Waals surface area contributed by atoms with Crippen molar-refractivity contribution in [2.45, 2.75) is 43.4 Å². The number of aliphatic carboxylic acids is 1. The summed E-state index contributed by atoms with van der Waals surface area (Å²) in [5.74, 6) is -4.51. The van der Waals surface area contributed by atoms with E-state index in [4.69, 9.17) is 11.5 Å². The molecule has 9 N–H and O–H groups in total. The fraction of sp³-hybridized carbons (Fsp3) is 0.364. The molecule has 0 spiro atoms. The highest BCUT2D eigenvalue weighted by molar-refractivity contribution is 7.80. The first kappa shape index (κ1) is 28.3. The molecule has 0 saturated carbocycles. The lowest BCUT2D eigenvalue weighted by Crippen LogP contribution is -2.58. The number of carboxylic acid groups (broad SMARTS) is 1. The Kier molecular flexibility index (Phi) is 10.9. The highest BCUT2D eigenvalue weighted by Gasteiger charge is 2.30. The van der Waals surface area contributed by atoms with Crippen molar-refractivity contribution in [3.8, 4) is 0 Å². The van der Waals surface area contributed by atoms with Gasteiger partial charge in [-0.2, -0.15) is 12.6 Å². The van der Waals surface area contributed by atoms with Gasteiger partial charge in [-0.3, -0.25) is 19.2 Å². The molecule has 1 aromatic heterocycles. The van der Waals surface area contributed by atoms with E-state index in [0.29, 0.717) is 11.3 Å². The minimum atomic E-state index is -1.28. The molecule has 0 aliphatic carbocycles. The maximum atomic E-state index is 13.0. The number of nitrogens with two attached hydrogens (primary N) is 2. The van der Waals surface area contributed by atoms with Gasteiger partial charge < -0.3 is 37.5 Å². The van der Waals surface area contributed by atoms with Gasteiger partial charge in [0.15, 0.2) is 0 Å². The molecule has 194 valence electrons. The number of H-pyrrole nitrogens is 1. The fourth-order valence-electron chi connectivity index (χ4n) is 3.20. The van der Waals surface area contributed by atoms with Crippen molar-refractivity contribution < 1.29 is 29.1 Å². The number of nitrogens with one attached hydrogen (secondary N) is 4. The zero-order chi connectivity index (χ0) is 26.7. The summed E-state index contributed by atoms with van der Waals surface area (Å²) in [6.07, 6.45) is 2.40. The summed E-state index contributed by atoms with van der Waals surface area (Å²) in [5, 5.41) is 16.9. The zero-order valence-electron chi connectivity index (χ0n) is 19.2. The first-order valence-electron chi connectivity index (χ1n) is 10.9. The van der Waals surface area contributed by atoms with E-state index in [9.17, 15) is 29.1 Å². The Morgan fingerprint density at radius 1 is 0.944 bits per heavy atom. The smallest absolute Gasteiger partial charge is 0.326 e. The normalized spacial score (nSPS) is 14.1. The number of primary amides is 1. The Balaban J connectivity index is 2.10. The molecule has 2 aromatic rings. The van der Waals surface area contributed by atoms with Gasteiger partial charge in [0.05, 0.1) is 18.8 Å². The topological polar surface area (TPSA) is 222 Å². The Bertz CT molecular complexity index is 1050. The van der Waals surface area contributed by atoms with Gasteiger partial charge in [-0.15, -0.1) is 0 Å². The molecule has 0 radical (unpaired) electrons. The summed E-state index contributed by atoms with van der Waals surface area (Å²) >= 11 is 4.10. The summed E-state index contributed by atoms with van der Waals surface area (Å²) < 4.78 is 0. The van der Waals surface area contributed by atoms with Crippen molar-refractivity contribution in [1.82, 2.24) is 25.9 Å². The third kappa shape index (κ3) is 9.03. The second-order valence-electron chi connectivity index (χ2n) is 7.95. The minimum absolute atomic E-state index is 0.0331. The molecule has 1 aromatic carbocycles. The average Bonchev–Trinajstić information content (AvgIpc) is 3.34. The van der Waals surface area contributed by atoms with Crippen LogP contribution in [-0.2, 0) is 36.8 Å². The van der Waals surface area contributed by atoms with Crippen LogP contribution in [-0.4, -0.2) is 74.6 Å². The van der Waals surface area contributed by atoms with Gasteiger partial charge >= 0.3 is 5.97 Å². The molecule has 4 atom stereocenters. The summed E-state index contributed by atoms with van der Waals surface area (Å²) in [5.41, 5.74) is 11.9. The lowest BCUT2D eigenvalue weighted by molar-refractivity contribution is -0.142. The number of hydrogen-bond acceptors (Lipinski definition) is 8. The van der Waals surface area contributed by atoms with Crippen LogP contribution < -0.4 is 27.4 Å². The number of amides is 4. The van der Waals surface area contributed by atoms with Crippen LogP contribution in [0, 0.1) is 0 Å². The number of rotatable bonds is 14. The van der Waals surface area contributed by atoms with Crippen LogP contribution in [0.3, 0.4) is 0 Å². The quantitative estimate of drug-likeness (QED) is 0.128. The summed E-state index contributed by atoms with van der Waals surface area (Å²) in [4.78, 5) is 67.6. The molecule has 0 aliphatic heterocycles. The van der Waals surface area contributed by atoms with Gasteiger partial charge in [0.2, 0.25) is 23.6 Å². The fourth-order valence-corrected chi connectivity index (χ4v) is 3.46. The van der Waals surface area contributed by atoms with Crippen molar-refractivity contribution >= 4 is 42.2 Å². The highest BCUT2D eigenvalue weighted by atomic mass is 32.1. The molecule has 4 unspecified atom stereocenters. The van der Waals surface area contributed by atoms with E-state index in [1.54, 1.807) is 30.3 Å². The highest BCUT2D eigenvalue weighted by Crippen LogP contribution is 2.05. The molecule has 0 aliphatic rings. The number of benzene rings is 1. The second kappa shape index (κ2) is 13.8. The summed E-state index contributed by atoms with van der Waals surface area (Å²) in [7, 11) is 0. The van der Waals surface area contributed by atoms with Crippen LogP contribution in [0.2, 0.25) is 0 Å². The van der Waals surface area contributed by atoms with Crippen LogP contribution in [0.5, 0.6) is 0 Å². The standard InChI is InChI=1S/C22H29N7O6S/c23-14(8-18(24)30)19(31)27-15(7-13-9-25-11-26-13)20(32)29-17(10-36)21(33)28-16(22(34)35)6-12-4-2-1-3-5-12/h1-5,9,11,14-17,36H,6-8,10,23H2,(H2,24,30)(H,25,26)(H,27,31)(H,28,33)(H,29,32)(H,34,35). The maximum absolute atomic E-state index is 13.0. The van der Waals surface area contributed by atoms with Gasteiger partial charge in [0.25, 0.3) is 0 Å². The molecule has 0 saturated heterocycles. The molecule has 14 heteroatoms. The number of carboxylic acids is 1. The number of carbonyl (C=O) groups excluding carboxylic acids is 4. The lowest BCUT2D eigenvalue weighted by Gasteiger charge is -2.24. The molecular weight excluding hydrogens is 490 g/mol. The molecular formula is C22H29N7O6S. The van der Waals surface area contributed by atoms with E-state index >= 15 is 0 Å². The minimum Gasteiger partial charge on any atom is -0.480 e. The maximum Gasteiger partial charge on any atom is 0.326 e. The lowest BCUT2D eigenvalue weighted by atomic mass is 10.1. The van der Waals surface area contributed by atoms with Crippen LogP contribution in [0.4, 0.5) is 0 Å². The number of nitrogens with zero attached hydrogens (tertiary/aromatic N) is 1. The third-order valence-electron chi connectivity index (χ3n) is 5.08. The molecule has 36 heavy (non-hydrogen) atoms. The second-order valence-corrected chi connectivity index (χ2v) is 8.32. The number of aromatic amines is 1. The number of thiol groups is 1. The van der Waals surface area contributed by atoms with Crippen LogP contribution >= 0.6 is 12.6 Å². The molecule has 13 nitrogen and oxygen atoms in total. The van der Waals surface area contributed by atoms with Crippen LogP contribution in [0.1, 0.15) is 17.7 Å². The van der Waals surface area contributed by atoms with E-state index in [1.807, 2.05) is 0 Å². The van der Waals surface area contributed by atoms with E-state index < -0.39 is 60.2 Å². The molecule has 4 amide bonds. The van der Waals surface area contributed by atoms with Gasteiger partial charge in [-0.05, 0) is 5.56 Å². The number of hydrogen-bond donors (Lipinski definition) is 8. The first-order valence-corrected chi connectivity index (χ1v) is 11.5. The summed E-state index contributed by atoms with van der Waals surface area (Å²) in [6, 6.07) is 3.79. The number of aromatic nitrogens is 2. The van der Waals surface area contributed by atoms with E-state index in [-0.39, 0.29) is 18.6 Å². The van der Waals surface area contributed by atoms with Crippen molar-refractivity contribution in [2.24, 2.45) is 11.5 Å². The average molecular weight is 520 g/mol. The Labute approximate surface area is 212 Å². The van der Waals surface area contributed by atoms with E-state index in [0.717, 1.165) is 0 Å². The molecule has 2 rings (SSSR count). The van der Waals surface area contributed by atoms with E-state index in [1.165, 1.54) is 12.5 Å². The van der Waals surface area contributed by atoms with Crippen molar-refractivity contribution in [3.05, 3.63) is 54.1 Å². The SMILES string of the molecule is NC(=O)CC(N)C(=O)NC(Cc1cnc[nH]1)C(=O)NC(CS)C(=O)NC(Cc1ccccc1)C(=O)O. The summed E-state index contributed by atoms with van der Waals surface area (Å²) in [6.45, 7) is 0. The Morgan fingerprint density at radius 3 is 2.11 bits per heavy atom. The predicted molar refractivity (Wildman–Crippen MR) is 132 cm³/mol. The van der Waals surface area contributed by atoms with Gasteiger partial charge in [-0.1, -0.05) is 30.3 Å². The molecule has 0 bridgehead atoms. The van der Waals surface area contributed by atoms with Gasteiger partial charge in [0.1, 0.15) is 18.1 Å². The predicted octanol–water partition coefficient (Wildman–Crippen LogP) is -2.13. The van der Waals surface area contributed by atoms with Gasteiger partial charge in [-0.25, -0.2) is 9.78 Å². The van der Waals surface area contributed by atoms with Crippen LogP contribution in [0.15, 0.2) is 42.9 Å². The number of imidazole rings is 1. The van der Waals surface area contributed by atoms with Crippen molar-refractivity contribution in [1.29, 1.82) is 0 Å². The molecule has 0 fully saturated rings. The van der Waals surface area contributed by atoms with Crippen molar-refractivity contribution in [2.75, 3.05) is 5.75 Å². The van der Waals surface area contributed by atoms with Crippen LogP contribution in [0.25, 0.3) is 0 Å². The van der Waals surface area contributed by atoms with E-state index in [2.05, 4.69) is 38.5 Å². The van der Waals surface area contributed by atoms with Gasteiger partial charge in [0, 0.05) is 30.5 Å². The zero-order valence-corrected chi connectivity index (χ0v) is 20.1.